The van der Waals surface area contributed by atoms with Crippen LogP contribution in [0.3, 0.4) is 0 Å². The van der Waals surface area contributed by atoms with Crippen molar-refractivity contribution in [2.45, 2.75) is 24.8 Å². The van der Waals surface area contributed by atoms with Crippen molar-refractivity contribution in [2.75, 3.05) is 17.3 Å². The normalized spacial score (nSPS) is 11.5. The lowest BCUT2D eigenvalue weighted by Gasteiger charge is -2.11. The van der Waals surface area contributed by atoms with Crippen LogP contribution in [0.15, 0.2) is 35.2 Å². The molecule has 1 aromatic heterocycles. The highest BCUT2D eigenvalue weighted by Gasteiger charge is 2.13. The Bertz CT molecular complexity index is 706. The Morgan fingerprint density at radius 3 is 2.50 bits per heavy atom. The van der Waals surface area contributed by atoms with Crippen LogP contribution in [0.25, 0.3) is 0 Å². The van der Waals surface area contributed by atoms with E-state index in [1.165, 1.54) is 15.8 Å². The number of nitrogens with two attached hydrogens (primary N) is 1. The number of nitrogens with one attached hydrogen (secondary N) is 1. The maximum atomic E-state index is 11.6. The Kier molecular flexibility index (Phi) is 4.35. The van der Waals surface area contributed by atoms with Gasteiger partial charge in [-0.1, -0.05) is 13.0 Å². The summed E-state index contributed by atoms with van der Waals surface area (Å²) < 4.78 is 23.2. The summed E-state index contributed by atoms with van der Waals surface area (Å²) in [5.41, 5.74) is 6.86. The molecule has 0 spiro atoms. The van der Waals surface area contributed by atoms with Crippen LogP contribution in [0.5, 0.6) is 0 Å². The van der Waals surface area contributed by atoms with E-state index in [0.717, 1.165) is 12.7 Å². The van der Waals surface area contributed by atoms with E-state index in [-0.39, 0.29) is 10.6 Å². The van der Waals surface area contributed by atoms with Crippen molar-refractivity contribution in [1.82, 2.24) is 0 Å². The molecular weight excluding hydrogens is 292 g/mol. The molecule has 108 valence electrons. The molecule has 6 heteroatoms. The van der Waals surface area contributed by atoms with E-state index in [0.29, 0.717) is 12.2 Å². The maximum Gasteiger partial charge on any atom is 0.177 e. The van der Waals surface area contributed by atoms with Gasteiger partial charge < -0.3 is 11.1 Å². The van der Waals surface area contributed by atoms with Gasteiger partial charge in [-0.05, 0) is 30.7 Å². The van der Waals surface area contributed by atoms with Gasteiger partial charge in [-0.3, -0.25) is 0 Å². The summed E-state index contributed by atoms with van der Waals surface area (Å²) >= 11 is 1.75. The molecule has 3 N–H and O–H groups in total. The van der Waals surface area contributed by atoms with Crippen LogP contribution in [0.1, 0.15) is 16.7 Å². The van der Waals surface area contributed by atoms with Crippen LogP contribution in [0.2, 0.25) is 0 Å². The van der Waals surface area contributed by atoms with E-state index in [1.807, 2.05) is 0 Å². The third-order valence-corrected chi connectivity index (χ3v) is 5.37. The van der Waals surface area contributed by atoms with Crippen molar-refractivity contribution in [1.29, 1.82) is 0 Å². The zero-order valence-electron chi connectivity index (χ0n) is 11.5. The molecule has 2 aromatic rings. The Morgan fingerprint density at radius 2 is 1.90 bits per heavy atom. The monoisotopic (exact) mass is 310 g/mol. The zero-order chi connectivity index (χ0) is 14.8. The average molecular weight is 310 g/mol. The number of nitrogen functional groups attached to an aromatic ring is 1. The first kappa shape index (κ1) is 14.9. The molecule has 0 aliphatic carbocycles. The molecule has 0 radical (unpaired) electrons. The molecule has 0 atom stereocenters. The number of sulfone groups is 1. The summed E-state index contributed by atoms with van der Waals surface area (Å²) in [6.07, 6.45) is 2.19. The fraction of sp³-hybridized carbons (Fsp3) is 0.286. The summed E-state index contributed by atoms with van der Waals surface area (Å²) in [7, 11) is -3.30. The van der Waals surface area contributed by atoms with E-state index in [2.05, 4.69) is 24.4 Å². The standard InChI is InChI=1S/C14H18N2O2S2/c1-3-10-7-8-11(19-10)9-16-12-5-4-6-13(14(12)15)20(2,17)18/h4-8,16H,3,9,15H2,1-2H3. The number of rotatable bonds is 5. The van der Waals surface area contributed by atoms with Crippen LogP contribution in [0, 0.1) is 0 Å². The van der Waals surface area contributed by atoms with Gasteiger partial charge in [-0.15, -0.1) is 11.3 Å². The van der Waals surface area contributed by atoms with Crippen LogP contribution >= 0.6 is 11.3 Å². The molecule has 4 nitrogen and oxygen atoms in total. The second kappa shape index (κ2) is 5.85. The SMILES string of the molecule is CCc1ccc(CNc2cccc(S(C)(=O)=O)c2N)s1. The summed E-state index contributed by atoms with van der Waals surface area (Å²) in [5.74, 6) is 0. The van der Waals surface area contributed by atoms with Crippen molar-refractivity contribution in [3.63, 3.8) is 0 Å². The topological polar surface area (TPSA) is 72.2 Å². The highest BCUT2D eigenvalue weighted by molar-refractivity contribution is 7.90. The number of anilines is 2. The molecule has 0 bridgehead atoms. The predicted molar refractivity (Wildman–Crippen MR) is 85.0 cm³/mol. The summed E-state index contributed by atoms with van der Waals surface area (Å²) in [6, 6.07) is 9.20. The molecule has 1 aromatic carbocycles. The lowest BCUT2D eigenvalue weighted by molar-refractivity contribution is 0.602. The largest absolute Gasteiger partial charge is 0.396 e. The Hall–Kier alpha value is -1.53. The number of hydrogen-bond acceptors (Lipinski definition) is 5. The number of hydrogen-bond donors (Lipinski definition) is 2. The van der Waals surface area contributed by atoms with Gasteiger partial charge in [-0.25, -0.2) is 8.42 Å². The average Bonchev–Trinajstić information content (AvgIpc) is 2.84. The Labute approximate surface area is 123 Å². The second-order valence-corrected chi connectivity index (χ2v) is 7.80. The van der Waals surface area contributed by atoms with Gasteiger partial charge in [-0.2, -0.15) is 0 Å². The fourth-order valence-corrected chi connectivity index (χ4v) is 3.64. The van der Waals surface area contributed by atoms with Crippen molar-refractivity contribution >= 4 is 32.5 Å². The van der Waals surface area contributed by atoms with Crippen LogP contribution in [-0.4, -0.2) is 14.7 Å². The van der Waals surface area contributed by atoms with Gasteiger partial charge in [0.25, 0.3) is 0 Å². The number of thiophene rings is 1. The van der Waals surface area contributed by atoms with Crippen molar-refractivity contribution in [3.8, 4) is 0 Å². The van der Waals surface area contributed by atoms with E-state index in [4.69, 9.17) is 5.73 Å². The molecule has 20 heavy (non-hydrogen) atoms. The third kappa shape index (κ3) is 3.32. The molecule has 0 saturated heterocycles. The molecule has 0 unspecified atom stereocenters. The molecule has 0 amide bonds. The fourth-order valence-electron chi connectivity index (χ4n) is 1.91. The molecule has 0 fully saturated rings. The van der Waals surface area contributed by atoms with E-state index < -0.39 is 9.84 Å². The highest BCUT2D eigenvalue weighted by Crippen LogP contribution is 2.27. The van der Waals surface area contributed by atoms with Gasteiger partial charge in [0.1, 0.15) is 0 Å². The van der Waals surface area contributed by atoms with Gasteiger partial charge in [0.05, 0.1) is 16.3 Å². The van der Waals surface area contributed by atoms with E-state index in [9.17, 15) is 8.42 Å². The van der Waals surface area contributed by atoms with E-state index >= 15 is 0 Å². The number of para-hydroxylation sites is 1. The minimum absolute atomic E-state index is 0.169. The third-order valence-electron chi connectivity index (χ3n) is 2.98. The summed E-state index contributed by atoms with van der Waals surface area (Å²) in [4.78, 5) is 2.70. The number of aryl methyl sites for hydroxylation is 1. The lowest BCUT2D eigenvalue weighted by Crippen LogP contribution is -2.07. The summed E-state index contributed by atoms with van der Waals surface area (Å²) in [6.45, 7) is 2.76. The highest BCUT2D eigenvalue weighted by atomic mass is 32.2. The first-order valence-electron chi connectivity index (χ1n) is 6.32. The Balaban J connectivity index is 2.18. The quantitative estimate of drug-likeness (QED) is 0.833. The minimum atomic E-state index is -3.30. The van der Waals surface area contributed by atoms with Crippen LogP contribution in [0.4, 0.5) is 11.4 Å². The van der Waals surface area contributed by atoms with Gasteiger partial charge in [0.2, 0.25) is 0 Å². The molecular formula is C14H18N2O2S2. The van der Waals surface area contributed by atoms with Crippen molar-refractivity contribution in [3.05, 3.63) is 40.1 Å². The molecule has 0 saturated carbocycles. The van der Waals surface area contributed by atoms with Crippen molar-refractivity contribution < 1.29 is 8.42 Å². The lowest BCUT2D eigenvalue weighted by atomic mass is 10.2. The first-order chi connectivity index (χ1) is 9.41. The Morgan fingerprint density at radius 1 is 1.20 bits per heavy atom. The van der Waals surface area contributed by atoms with Crippen LogP contribution < -0.4 is 11.1 Å². The second-order valence-electron chi connectivity index (χ2n) is 4.56. The van der Waals surface area contributed by atoms with Gasteiger partial charge in [0.15, 0.2) is 9.84 Å². The molecule has 2 rings (SSSR count). The minimum Gasteiger partial charge on any atom is -0.396 e. The smallest absolute Gasteiger partial charge is 0.177 e. The number of benzene rings is 1. The maximum absolute atomic E-state index is 11.6. The summed E-state index contributed by atoms with van der Waals surface area (Å²) in [5, 5.41) is 3.20. The zero-order valence-corrected chi connectivity index (χ0v) is 13.1. The van der Waals surface area contributed by atoms with Crippen LogP contribution in [-0.2, 0) is 22.8 Å². The molecule has 0 aliphatic rings. The van der Waals surface area contributed by atoms with Crippen molar-refractivity contribution in [2.24, 2.45) is 0 Å². The van der Waals surface area contributed by atoms with Gasteiger partial charge in [0, 0.05) is 22.6 Å². The predicted octanol–water partition coefficient (Wildman–Crippen LogP) is 2.91. The molecule has 0 aliphatic heterocycles. The first-order valence-corrected chi connectivity index (χ1v) is 9.02. The van der Waals surface area contributed by atoms with E-state index in [1.54, 1.807) is 23.5 Å². The van der Waals surface area contributed by atoms with Gasteiger partial charge >= 0.3 is 0 Å². The molecule has 1 heterocycles.